The van der Waals surface area contributed by atoms with Crippen LogP contribution in [0.25, 0.3) is 11.3 Å². The van der Waals surface area contributed by atoms with Gasteiger partial charge in [0, 0.05) is 30.2 Å². The maximum Gasteiger partial charge on any atom is 0.325 e. The van der Waals surface area contributed by atoms with Gasteiger partial charge in [0.25, 0.3) is 5.91 Å². The van der Waals surface area contributed by atoms with Crippen LogP contribution in [0, 0.1) is 5.82 Å². The number of hydrogen-bond acceptors (Lipinski definition) is 4. The van der Waals surface area contributed by atoms with Crippen LogP contribution in [-0.2, 0) is 4.79 Å². The van der Waals surface area contributed by atoms with Gasteiger partial charge in [-0.05, 0) is 25.0 Å². The number of aromatic nitrogens is 1. The van der Waals surface area contributed by atoms with Crippen LogP contribution < -0.4 is 5.32 Å². The van der Waals surface area contributed by atoms with Gasteiger partial charge in [-0.15, -0.1) is 0 Å². The summed E-state index contributed by atoms with van der Waals surface area (Å²) in [5, 5.41) is 2.50. The van der Waals surface area contributed by atoms with Crippen molar-refractivity contribution in [3.8, 4) is 11.3 Å². The fraction of sp³-hybridized carbons (Fsp3) is 0.333. The van der Waals surface area contributed by atoms with E-state index < -0.39 is 54.4 Å². The van der Waals surface area contributed by atoms with Gasteiger partial charge >= 0.3 is 6.03 Å². The normalized spacial score (nSPS) is 19.8. The second kappa shape index (κ2) is 7.23. The van der Waals surface area contributed by atoms with Gasteiger partial charge in [0.15, 0.2) is 5.78 Å². The number of hydrogen-bond donors (Lipinski definition) is 1. The molecule has 2 heterocycles. The Hall–Kier alpha value is -3.23. The van der Waals surface area contributed by atoms with E-state index in [2.05, 4.69) is 10.3 Å². The zero-order chi connectivity index (χ0) is 21.5. The first-order valence-electron chi connectivity index (χ1n) is 9.47. The average Bonchev–Trinajstić information content (AvgIpc) is 2.95. The number of nitrogens with one attached hydrogen (secondary N) is 1. The summed E-state index contributed by atoms with van der Waals surface area (Å²) in [6, 6.07) is 7.95. The Kier molecular flexibility index (Phi) is 4.83. The van der Waals surface area contributed by atoms with Crippen molar-refractivity contribution in [3.05, 3.63) is 54.0 Å². The maximum absolute atomic E-state index is 13.8. The molecule has 6 nitrogen and oxygen atoms in total. The zero-order valence-electron chi connectivity index (χ0n) is 15.8. The standard InChI is InChI=1S/C21H18F3N3O3/c22-15-2-1-11-25-17(15)14-5-3-13(4-6-14)16(28)12-27-18(29)20(26-19(27)30)7-9-21(23,24)10-8-20/h1-6,11H,7-10,12H2,(H,26,30). The lowest BCUT2D eigenvalue weighted by Crippen LogP contribution is -2.51. The lowest BCUT2D eigenvalue weighted by atomic mass is 9.80. The molecule has 156 valence electrons. The minimum Gasteiger partial charge on any atom is -0.323 e. The molecule has 0 bridgehead atoms. The topological polar surface area (TPSA) is 79.4 Å². The molecule has 1 saturated heterocycles. The Balaban J connectivity index is 1.47. The molecule has 2 fully saturated rings. The molecule has 0 radical (unpaired) electrons. The molecule has 1 saturated carbocycles. The molecule has 1 aliphatic heterocycles. The number of halogens is 3. The number of benzene rings is 1. The molecule has 0 atom stereocenters. The van der Waals surface area contributed by atoms with E-state index in [0.29, 0.717) is 5.56 Å². The summed E-state index contributed by atoms with van der Waals surface area (Å²) >= 11 is 0. The van der Waals surface area contributed by atoms with Crippen LogP contribution in [0.15, 0.2) is 42.6 Å². The molecule has 0 unspecified atom stereocenters. The predicted octanol–water partition coefficient (Wildman–Crippen LogP) is 3.57. The third-order valence-corrected chi connectivity index (χ3v) is 5.62. The van der Waals surface area contributed by atoms with Gasteiger partial charge in [-0.2, -0.15) is 0 Å². The first kappa shape index (κ1) is 20.1. The predicted molar refractivity (Wildman–Crippen MR) is 100 cm³/mol. The van der Waals surface area contributed by atoms with E-state index in [1.165, 1.54) is 42.6 Å². The first-order chi connectivity index (χ1) is 14.2. The van der Waals surface area contributed by atoms with Crippen molar-refractivity contribution in [2.24, 2.45) is 0 Å². The summed E-state index contributed by atoms with van der Waals surface area (Å²) in [5.74, 6) is -4.50. The number of amides is 3. The van der Waals surface area contributed by atoms with Gasteiger partial charge in [-0.25, -0.2) is 18.0 Å². The lowest BCUT2D eigenvalue weighted by Gasteiger charge is -2.34. The van der Waals surface area contributed by atoms with Crippen molar-refractivity contribution in [3.63, 3.8) is 0 Å². The summed E-state index contributed by atoms with van der Waals surface area (Å²) < 4.78 is 40.8. The number of carbonyl (C=O) groups excluding carboxylic acids is 3. The molecular weight excluding hydrogens is 399 g/mol. The van der Waals surface area contributed by atoms with E-state index in [4.69, 9.17) is 0 Å². The lowest BCUT2D eigenvalue weighted by molar-refractivity contribution is -0.135. The summed E-state index contributed by atoms with van der Waals surface area (Å²) in [6.45, 7) is -0.500. The van der Waals surface area contributed by atoms with Gasteiger partial charge in [0.05, 0.1) is 6.54 Å². The number of imide groups is 1. The van der Waals surface area contributed by atoms with Gasteiger partial charge in [0.2, 0.25) is 5.92 Å². The van der Waals surface area contributed by atoms with E-state index >= 15 is 0 Å². The minimum atomic E-state index is -2.85. The van der Waals surface area contributed by atoms with Gasteiger partial charge in [-0.1, -0.05) is 24.3 Å². The summed E-state index contributed by atoms with van der Waals surface area (Å²) in [6.07, 6.45) is 0.129. The molecule has 2 aromatic rings. The summed E-state index contributed by atoms with van der Waals surface area (Å²) in [4.78, 5) is 42.3. The number of carbonyl (C=O) groups is 3. The van der Waals surface area contributed by atoms with Crippen LogP contribution in [0.5, 0.6) is 0 Å². The number of Topliss-reactive ketones (excluding diaryl/α,β-unsaturated/α-hetero) is 1. The van der Waals surface area contributed by atoms with E-state index in [1.54, 1.807) is 0 Å². The molecule has 2 aliphatic rings. The zero-order valence-corrected chi connectivity index (χ0v) is 15.8. The monoisotopic (exact) mass is 417 g/mol. The maximum atomic E-state index is 13.8. The second-order valence-electron chi connectivity index (χ2n) is 7.59. The molecule has 4 rings (SSSR count). The molecule has 1 aromatic carbocycles. The van der Waals surface area contributed by atoms with Crippen LogP contribution in [0.4, 0.5) is 18.0 Å². The number of alkyl halides is 2. The molecule has 1 spiro atoms. The Bertz CT molecular complexity index is 1010. The van der Waals surface area contributed by atoms with Crippen LogP contribution in [0.1, 0.15) is 36.0 Å². The fourth-order valence-corrected chi connectivity index (χ4v) is 3.85. The van der Waals surface area contributed by atoms with Crippen molar-refractivity contribution >= 4 is 17.7 Å². The number of pyridine rings is 1. The molecule has 1 N–H and O–H groups in total. The van der Waals surface area contributed by atoms with Gasteiger partial charge < -0.3 is 5.32 Å². The van der Waals surface area contributed by atoms with Gasteiger partial charge in [-0.3, -0.25) is 19.5 Å². The van der Waals surface area contributed by atoms with Crippen molar-refractivity contribution < 1.29 is 27.6 Å². The molecule has 9 heteroatoms. The second-order valence-corrected chi connectivity index (χ2v) is 7.59. The highest BCUT2D eigenvalue weighted by Crippen LogP contribution is 2.41. The Labute approximate surface area is 170 Å². The molecule has 1 aliphatic carbocycles. The van der Waals surface area contributed by atoms with Gasteiger partial charge in [0.1, 0.15) is 17.1 Å². The van der Waals surface area contributed by atoms with Crippen molar-refractivity contribution in [1.82, 2.24) is 15.2 Å². The van der Waals surface area contributed by atoms with Crippen molar-refractivity contribution in [2.75, 3.05) is 6.54 Å². The smallest absolute Gasteiger partial charge is 0.323 e. The van der Waals surface area contributed by atoms with Crippen LogP contribution >= 0.6 is 0 Å². The molecule has 30 heavy (non-hydrogen) atoms. The Morgan fingerprint density at radius 2 is 1.73 bits per heavy atom. The highest BCUT2D eigenvalue weighted by Gasteiger charge is 2.55. The van der Waals surface area contributed by atoms with Crippen molar-refractivity contribution in [1.29, 1.82) is 0 Å². The number of rotatable bonds is 4. The summed E-state index contributed by atoms with van der Waals surface area (Å²) in [5.41, 5.74) is -0.519. The third kappa shape index (κ3) is 3.55. The first-order valence-corrected chi connectivity index (χ1v) is 9.47. The van der Waals surface area contributed by atoms with Crippen LogP contribution in [-0.4, -0.2) is 45.6 Å². The molecular formula is C21H18F3N3O3. The van der Waals surface area contributed by atoms with Crippen LogP contribution in [0.2, 0.25) is 0 Å². The third-order valence-electron chi connectivity index (χ3n) is 5.62. The quantitative estimate of drug-likeness (QED) is 0.609. The van der Waals surface area contributed by atoms with Crippen LogP contribution in [0.3, 0.4) is 0 Å². The Morgan fingerprint density at radius 1 is 1.07 bits per heavy atom. The van der Waals surface area contributed by atoms with E-state index in [1.807, 2.05) is 0 Å². The molecule has 3 amide bonds. The fourth-order valence-electron chi connectivity index (χ4n) is 3.85. The number of ketones is 1. The van der Waals surface area contributed by atoms with E-state index in [-0.39, 0.29) is 24.1 Å². The van der Waals surface area contributed by atoms with E-state index in [0.717, 1.165) is 4.90 Å². The van der Waals surface area contributed by atoms with E-state index in [9.17, 15) is 27.6 Å². The number of urea groups is 1. The average molecular weight is 417 g/mol. The highest BCUT2D eigenvalue weighted by atomic mass is 19.3. The molecule has 1 aromatic heterocycles. The highest BCUT2D eigenvalue weighted by molar-refractivity contribution is 6.11. The Morgan fingerprint density at radius 3 is 2.37 bits per heavy atom. The SMILES string of the molecule is O=C(CN1C(=O)NC2(CCC(F)(F)CC2)C1=O)c1ccc(-c2ncccc2F)cc1. The number of nitrogens with zero attached hydrogens (tertiary/aromatic N) is 2. The van der Waals surface area contributed by atoms with Crippen molar-refractivity contribution in [2.45, 2.75) is 37.1 Å². The largest absolute Gasteiger partial charge is 0.325 e. The summed E-state index contributed by atoms with van der Waals surface area (Å²) in [7, 11) is 0. The minimum absolute atomic E-state index is 0.140.